The van der Waals surface area contributed by atoms with Gasteiger partial charge in [0.15, 0.2) is 5.69 Å². The summed E-state index contributed by atoms with van der Waals surface area (Å²) >= 11 is 5.96. The Morgan fingerprint density at radius 3 is 2.90 bits per heavy atom. The Morgan fingerprint density at radius 1 is 1.50 bits per heavy atom. The van der Waals surface area contributed by atoms with Crippen molar-refractivity contribution in [2.24, 2.45) is 0 Å². The van der Waals surface area contributed by atoms with Crippen molar-refractivity contribution in [3.8, 4) is 5.69 Å². The summed E-state index contributed by atoms with van der Waals surface area (Å²) in [5.74, 6) is -0.310. The number of carbonyl (C=O) groups excluding carboxylic acids is 1. The van der Waals surface area contributed by atoms with Gasteiger partial charge in [-0.2, -0.15) is 5.10 Å². The number of nitrogens with zero attached hydrogens (tertiary/aromatic N) is 2. The summed E-state index contributed by atoms with van der Waals surface area (Å²) in [7, 11) is 0. The van der Waals surface area contributed by atoms with E-state index >= 15 is 0 Å². The van der Waals surface area contributed by atoms with Crippen molar-refractivity contribution in [1.82, 2.24) is 15.1 Å². The van der Waals surface area contributed by atoms with Crippen LogP contribution in [0.15, 0.2) is 30.3 Å². The summed E-state index contributed by atoms with van der Waals surface area (Å²) in [5, 5.41) is 16.5. The number of nitrogens with one attached hydrogen (secondary N) is 1. The van der Waals surface area contributed by atoms with Gasteiger partial charge in [0, 0.05) is 16.8 Å². The van der Waals surface area contributed by atoms with Crippen LogP contribution in [0.4, 0.5) is 0 Å². The maximum atomic E-state index is 12.0. The van der Waals surface area contributed by atoms with Crippen LogP contribution in [0, 0.1) is 6.92 Å². The number of benzene rings is 1. The van der Waals surface area contributed by atoms with Gasteiger partial charge in [-0.05, 0) is 38.1 Å². The van der Waals surface area contributed by atoms with Crippen LogP contribution in [-0.2, 0) is 0 Å². The van der Waals surface area contributed by atoms with Crippen molar-refractivity contribution in [1.29, 1.82) is 0 Å². The Bertz CT molecular complexity index is 625. The molecule has 0 bridgehead atoms. The Morgan fingerprint density at radius 2 is 2.25 bits per heavy atom. The minimum atomic E-state index is -0.310. The summed E-state index contributed by atoms with van der Waals surface area (Å²) in [6.07, 6.45) is 0. The zero-order valence-corrected chi connectivity index (χ0v) is 12.1. The molecule has 1 aromatic heterocycles. The van der Waals surface area contributed by atoms with E-state index < -0.39 is 0 Å². The highest BCUT2D eigenvalue weighted by Gasteiger charge is 2.15. The molecular formula is C14H16ClN3O2. The van der Waals surface area contributed by atoms with E-state index in [4.69, 9.17) is 16.7 Å². The standard InChI is InChI=1S/C14H16ClN3O2/c1-9(8-19)16-14(20)13-6-10(2)18(17-13)12-5-3-4-11(15)7-12/h3-7,9,19H,8H2,1-2H3,(H,16,20). The molecule has 20 heavy (non-hydrogen) atoms. The summed E-state index contributed by atoms with van der Waals surface area (Å²) in [4.78, 5) is 12.0. The molecule has 0 fully saturated rings. The third-order valence-corrected chi connectivity index (χ3v) is 3.06. The normalized spacial score (nSPS) is 12.2. The highest BCUT2D eigenvalue weighted by Crippen LogP contribution is 2.16. The highest BCUT2D eigenvalue weighted by molar-refractivity contribution is 6.30. The molecule has 6 heteroatoms. The van der Waals surface area contributed by atoms with Gasteiger partial charge in [-0.3, -0.25) is 4.79 Å². The maximum Gasteiger partial charge on any atom is 0.272 e. The summed E-state index contributed by atoms with van der Waals surface area (Å²) in [6, 6.07) is 8.63. The van der Waals surface area contributed by atoms with Crippen molar-refractivity contribution in [2.45, 2.75) is 19.9 Å². The molecule has 0 aliphatic heterocycles. The molecule has 0 radical (unpaired) electrons. The number of aromatic nitrogens is 2. The van der Waals surface area contributed by atoms with Crippen molar-refractivity contribution in [3.63, 3.8) is 0 Å². The molecule has 2 N–H and O–H groups in total. The molecule has 1 heterocycles. The van der Waals surface area contributed by atoms with E-state index in [-0.39, 0.29) is 18.6 Å². The Balaban J connectivity index is 2.28. The second-order valence-corrected chi connectivity index (χ2v) is 5.06. The van der Waals surface area contributed by atoms with Crippen LogP contribution in [0.2, 0.25) is 5.02 Å². The highest BCUT2D eigenvalue weighted by atomic mass is 35.5. The first kappa shape index (κ1) is 14.6. The lowest BCUT2D eigenvalue weighted by Gasteiger charge is -2.08. The van der Waals surface area contributed by atoms with Crippen LogP contribution in [0.25, 0.3) is 5.69 Å². The first-order valence-electron chi connectivity index (χ1n) is 6.25. The smallest absolute Gasteiger partial charge is 0.272 e. The van der Waals surface area contributed by atoms with E-state index in [9.17, 15) is 4.79 Å². The van der Waals surface area contributed by atoms with Crippen LogP contribution in [0.1, 0.15) is 23.1 Å². The molecule has 1 unspecified atom stereocenters. The summed E-state index contributed by atoms with van der Waals surface area (Å²) < 4.78 is 1.66. The third kappa shape index (κ3) is 3.18. The second kappa shape index (κ2) is 6.07. The molecule has 0 saturated heterocycles. The number of aliphatic hydroxyl groups is 1. The maximum absolute atomic E-state index is 12.0. The minimum absolute atomic E-state index is 0.111. The van der Waals surface area contributed by atoms with E-state index in [0.717, 1.165) is 11.4 Å². The van der Waals surface area contributed by atoms with Crippen LogP contribution in [-0.4, -0.2) is 33.4 Å². The van der Waals surface area contributed by atoms with Gasteiger partial charge in [-0.1, -0.05) is 17.7 Å². The Kier molecular flexibility index (Phi) is 4.42. The molecule has 1 amide bonds. The number of hydrogen-bond acceptors (Lipinski definition) is 3. The molecule has 2 aromatic rings. The van der Waals surface area contributed by atoms with E-state index in [0.29, 0.717) is 10.7 Å². The average Bonchev–Trinajstić information content (AvgIpc) is 2.80. The lowest BCUT2D eigenvalue weighted by atomic mass is 10.3. The fourth-order valence-corrected chi connectivity index (χ4v) is 1.98. The molecule has 106 valence electrons. The molecule has 0 spiro atoms. The monoisotopic (exact) mass is 293 g/mol. The third-order valence-electron chi connectivity index (χ3n) is 2.82. The second-order valence-electron chi connectivity index (χ2n) is 4.62. The van der Waals surface area contributed by atoms with Gasteiger partial charge >= 0.3 is 0 Å². The molecule has 0 saturated carbocycles. The van der Waals surface area contributed by atoms with Crippen molar-refractivity contribution in [2.75, 3.05) is 6.61 Å². The van der Waals surface area contributed by atoms with Gasteiger partial charge in [-0.15, -0.1) is 0 Å². The lowest BCUT2D eigenvalue weighted by molar-refractivity contribution is 0.0917. The first-order valence-corrected chi connectivity index (χ1v) is 6.63. The summed E-state index contributed by atoms with van der Waals surface area (Å²) in [5.41, 5.74) is 1.93. The lowest BCUT2D eigenvalue weighted by Crippen LogP contribution is -2.35. The topological polar surface area (TPSA) is 67.2 Å². The van der Waals surface area contributed by atoms with Crippen LogP contribution >= 0.6 is 11.6 Å². The van der Waals surface area contributed by atoms with Crippen molar-refractivity contribution in [3.05, 3.63) is 46.7 Å². The van der Waals surface area contributed by atoms with Gasteiger partial charge in [-0.25, -0.2) is 4.68 Å². The number of halogens is 1. The molecule has 0 aliphatic rings. The van der Waals surface area contributed by atoms with Crippen LogP contribution in [0.3, 0.4) is 0 Å². The number of aryl methyl sites for hydroxylation is 1. The summed E-state index contributed by atoms with van der Waals surface area (Å²) in [6.45, 7) is 3.47. The molecule has 2 rings (SSSR count). The van der Waals surface area contributed by atoms with Gasteiger partial charge in [0.05, 0.1) is 12.3 Å². The van der Waals surface area contributed by atoms with E-state index in [1.807, 2.05) is 19.1 Å². The van der Waals surface area contributed by atoms with Gasteiger partial charge < -0.3 is 10.4 Å². The van der Waals surface area contributed by atoms with Crippen molar-refractivity contribution < 1.29 is 9.90 Å². The molecule has 1 aromatic carbocycles. The zero-order valence-electron chi connectivity index (χ0n) is 11.3. The predicted molar refractivity (Wildman–Crippen MR) is 77.3 cm³/mol. The molecule has 0 aliphatic carbocycles. The fraction of sp³-hybridized carbons (Fsp3) is 0.286. The van der Waals surface area contributed by atoms with Crippen molar-refractivity contribution >= 4 is 17.5 Å². The Labute approximate surface area is 122 Å². The largest absolute Gasteiger partial charge is 0.394 e. The molecule has 1 atom stereocenters. The van der Waals surface area contributed by atoms with Crippen LogP contribution < -0.4 is 5.32 Å². The quantitative estimate of drug-likeness (QED) is 0.905. The number of rotatable bonds is 4. The zero-order chi connectivity index (χ0) is 14.7. The van der Waals surface area contributed by atoms with Crippen LogP contribution in [0.5, 0.6) is 0 Å². The van der Waals surface area contributed by atoms with Gasteiger partial charge in [0.2, 0.25) is 0 Å². The SMILES string of the molecule is Cc1cc(C(=O)NC(C)CO)nn1-c1cccc(Cl)c1. The molecule has 5 nitrogen and oxygen atoms in total. The van der Waals surface area contributed by atoms with Gasteiger partial charge in [0.25, 0.3) is 5.91 Å². The van der Waals surface area contributed by atoms with Gasteiger partial charge in [0.1, 0.15) is 0 Å². The predicted octanol–water partition coefficient (Wildman–Crippen LogP) is 1.94. The number of hydrogen-bond donors (Lipinski definition) is 2. The number of carbonyl (C=O) groups is 1. The minimum Gasteiger partial charge on any atom is -0.394 e. The van der Waals surface area contributed by atoms with E-state index in [1.54, 1.807) is 29.8 Å². The number of aliphatic hydroxyl groups excluding tert-OH is 1. The van der Waals surface area contributed by atoms with E-state index in [1.165, 1.54) is 0 Å². The van der Waals surface area contributed by atoms with E-state index in [2.05, 4.69) is 10.4 Å². The fourth-order valence-electron chi connectivity index (χ4n) is 1.80. The Hall–Kier alpha value is -1.85. The number of amides is 1. The average molecular weight is 294 g/mol. The first-order chi connectivity index (χ1) is 9.51. The molecular weight excluding hydrogens is 278 g/mol.